The van der Waals surface area contributed by atoms with Crippen LogP contribution in [0.15, 0.2) is 0 Å². The Balaban J connectivity index is 3.40. The molecule has 0 spiro atoms. The maximum absolute atomic E-state index is 14.5. The Morgan fingerprint density at radius 1 is 1.18 bits per heavy atom. The minimum absolute atomic E-state index is 0.196. The van der Waals surface area contributed by atoms with Gasteiger partial charge in [0.05, 0.1) is 6.61 Å². The van der Waals surface area contributed by atoms with Gasteiger partial charge in [0.1, 0.15) is 0 Å². The fourth-order valence-corrected chi connectivity index (χ4v) is 2.98. The van der Waals surface area contributed by atoms with Crippen LogP contribution in [0.2, 0.25) is 0 Å². The molecule has 0 saturated carbocycles. The molecule has 0 aromatic rings. The van der Waals surface area contributed by atoms with Crippen LogP contribution in [0.3, 0.4) is 0 Å². The normalized spacial score (nSPS) is 40.2. The number of hydrogen-bond donors (Lipinski definition) is 0. The zero-order valence-electron chi connectivity index (χ0n) is 11.8. The molecule has 11 heteroatoms. The van der Waals surface area contributed by atoms with E-state index in [0.717, 1.165) is 0 Å². The molecule has 0 aromatic heterocycles. The molecule has 0 aliphatic carbocycles. The zero-order chi connectivity index (χ0) is 17.4. The maximum Gasteiger partial charge on any atom is 0.370 e. The van der Waals surface area contributed by atoms with Gasteiger partial charge in [-0.1, -0.05) is 13.8 Å². The van der Waals surface area contributed by atoms with Gasteiger partial charge in [-0.25, -0.2) is 8.78 Å². The van der Waals surface area contributed by atoms with Gasteiger partial charge in [-0.15, -0.1) is 0 Å². The molecule has 0 aromatic carbocycles. The first-order valence-electron chi connectivity index (χ1n) is 6.53. The van der Waals surface area contributed by atoms with Gasteiger partial charge in [0.15, 0.2) is 6.17 Å². The number of halogens is 6. The molecule has 0 amide bonds. The third kappa shape index (κ3) is 3.44. The first-order valence-corrected chi connectivity index (χ1v) is 7.99. The molecular weight excluding hydrogens is 341 g/mol. The summed E-state index contributed by atoms with van der Waals surface area (Å²) in [6.45, 7) is 0.798. The monoisotopic (exact) mass is 357 g/mol. The van der Waals surface area contributed by atoms with E-state index in [1.54, 1.807) is 0 Å². The number of alkyl halides is 6. The van der Waals surface area contributed by atoms with Crippen LogP contribution < -0.4 is 4.89 Å². The molecule has 1 aliphatic heterocycles. The van der Waals surface area contributed by atoms with Gasteiger partial charge in [0.25, 0.3) is 13.7 Å². The fourth-order valence-electron chi connectivity index (χ4n) is 1.92. The Labute approximate surface area is 123 Å². The van der Waals surface area contributed by atoms with Crippen LogP contribution in [0.1, 0.15) is 33.1 Å². The number of rotatable bonds is 1. The first-order chi connectivity index (χ1) is 9.78. The van der Waals surface area contributed by atoms with Crippen LogP contribution in [0.5, 0.6) is 0 Å². The summed E-state index contributed by atoms with van der Waals surface area (Å²) >= 11 is 0. The van der Waals surface area contributed by atoms with Crippen molar-refractivity contribution in [3.63, 3.8) is 0 Å². The standard InChI is InChI=1S/C11H17F6O4P/c1-7(2)10(15)11(16,17)9(13,14)8(12)5-3-4-6-20-22(18,19)21-10/h7-8H,3-6H2,1-2H3,(H,18,19)/p-1. The predicted molar refractivity (Wildman–Crippen MR) is 62.0 cm³/mol. The highest BCUT2D eigenvalue weighted by Gasteiger charge is 2.75. The molecule has 3 atom stereocenters. The van der Waals surface area contributed by atoms with E-state index in [1.165, 1.54) is 0 Å². The molecule has 1 aliphatic rings. The average Bonchev–Trinajstić information content (AvgIpc) is 2.36. The molecule has 22 heavy (non-hydrogen) atoms. The Morgan fingerprint density at radius 2 is 1.73 bits per heavy atom. The van der Waals surface area contributed by atoms with E-state index in [1.807, 2.05) is 0 Å². The summed E-state index contributed by atoms with van der Waals surface area (Å²) in [5.74, 6) is -17.8. The third-order valence-electron chi connectivity index (χ3n) is 3.33. The third-order valence-corrected chi connectivity index (χ3v) is 4.32. The van der Waals surface area contributed by atoms with Crippen molar-refractivity contribution in [1.82, 2.24) is 0 Å². The summed E-state index contributed by atoms with van der Waals surface area (Å²) < 4.78 is 102. The van der Waals surface area contributed by atoms with Crippen molar-refractivity contribution in [1.29, 1.82) is 0 Å². The molecule has 0 bridgehead atoms. The minimum Gasteiger partial charge on any atom is -0.756 e. The molecule has 0 N–H and O–H groups in total. The van der Waals surface area contributed by atoms with Gasteiger partial charge in [0.2, 0.25) is 0 Å². The second-order valence-corrected chi connectivity index (χ2v) is 6.67. The number of phosphoric ester groups is 1. The first kappa shape index (κ1) is 19.7. The topological polar surface area (TPSA) is 58.6 Å². The van der Waals surface area contributed by atoms with Gasteiger partial charge < -0.3 is 9.42 Å². The van der Waals surface area contributed by atoms with Gasteiger partial charge >= 0.3 is 11.8 Å². The highest BCUT2D eigenvalue weighted by molar-refractivity contribution is 7.45. The summed E-state index contributed by atoms with van der Waals surface area (Å²) in [6.07, 6.45) is -4.89. The van der Waals surface area contributed by atoms with Crippen molar-refractivity contribution in [2.24, 2.45) is 5.92 Å². The van der Waals surface area contributed by atoms with Gasteiger partial charge in [0, 0.05) is 5.92 Å². The zero-order valence-corrected chi connectivity index (χ0v) is 12.7. The Kier molecular flexibility index (Phi) is 5.65. The summed E-state index contributed by atoms with van der Waals surface area (Å²) in [5.41, 5.74) is 0. The molecule has 4 nitrogen and oxygen atoms in total. The van der Waals surface area contributed by atoms with Gasteiger partial charge in [-0.2, -0.15) is 17.6 Å². The van der Waals surface area contributed by atoms with Crippen LogP contribution in [0, 0.1) is 5.92 Å². The maximum atomic E-state index is 14.5. The number of hydrogen-bond acceptors (Lipinski definition) is 4. The Morgan fingerprint density at radius 3 is 2.23 bits per heavy atom. The van der Waals surface area contributed by atoms with Crippen LogP contribution in [-0.4, -0.2) is 30.5 Å². The van der Waals surface area contributed by atoms with Crippen molar-refractivity contribution >= 4 is 7.82 Å². The highest BCUT2D eigenvalue weighted by Crippen LogP contribution is 2.57. The molecule has 1 saturated heterocycles. The van der Waals surface area contributed by atoms with Crippen molar-refractivity contribution < 1.29 is 44.8 Å². The Hall–Kier alpha value is -0.310. The lowest BCUT2D eigenvalue weighted by Gasteiger charge is -2.42. The highest BCUT2D eigenvalue weighted by atomic mass is 31.2. The van der Waals surface area contributed by atoms with Gasteiger partial charge in [-0.3, -0.25) is 9.09 Å². The molecule has 132 valence electrons. The van der Waals surface area contributed by atoms with Gasteiger partial charge in [-0.05, 0) is 19.3 Å². The molecule has 1 fully saturated rings. The predicted octanol–water partition coefficient (Wildman–Crippen LogP) is 3.60. The summed E-state index contributed by atoms with van der Waals surface area (Å²) in [6, 6.07) is 0. The van der Waals surface area contributed by atoms with E-state index < -0.39 is 50.6 Å². The average molecular weight is 357 g/mol. The number of phosphoric acid groups is 1. The van der Waals surface area contributed by atoms with E-state index >= 15 is 0 Å². The van der Waals surface area contributed by atoms with Crippen molar-refractivity contribution in [3.8, 4) is 0 Å². The van der Waals surface area contributed by atoms with E-state index in [-0.39, 0.29) is 12.8 Å². The van der Waals surface area contributed by atoms with Crippen LogP contribution in [0.4, 0.5) is 26.3 Å². The van der Waals surface area contributed by atoms with Crippen LogP contribution >= 0.6 is 7.82 Å². The quantitative estimate of drug-likeness (QED) is 0.532. The lowest BCUT2D eigenvalue weighted by atomic mass is 9.90. The second-order valence-electron chi connectivity index (χ2n) is 5.33. The smallest absolute Gasteiger partial charge is 0.370 e. The molecule has 1 heterocycles. The van der Waals surface area contributed by atoms with Crippen molar-refractivity contribution in [2.45, 2.75) is 57.0 Å². The molecule has 3 unspecified atom stereocenters. The molecule has 0 radical (unpaired) electrons. The van der Waals surface area contributed by atoms with Crippen molar-refractivity contribution in [3.05, 3.63) is 0 Å². The lowest BCUT2D eigenvalue weighted by Crippen LogP contribution is -2.63. The second kappa shape index (κ2) is 6.30. The minimum atomic E-state index is -5.72. The molecule has 1 rings (SSSR count). The Bertz CT molecular complexity index is 446. The summed E-state index contributed by atoms with van der Waals surface area (Å²) in [7, 11) is -5.62. The van der Waals surface area contributed by atoms with E-state index in [2.05, 4.69) is 9.05 Å². The largest absolute Gasteiger partial charge is 0.756 e. The van der Waals surface area contributed by atoms with E-state index in [4.69, 9.17) is 0 Å². The van der Waals surface area contributed by atoms with E-state index in [0.29, 0.717) is 13.8 Å². The van der Waals surface area contributed by atoms with E-state index in [9.17, 15) is 35.8 Å². The molecular formula is C11H16F6O4P-. The van der Waals surface area contributed by atoms with Crippen LogP contribution in [-0.2, 0) is 13.6 Å². The summed E-state index contributed by atoms with van der Waals surface area (Å²) in [4.78, 5) is 11.4. The van der Waals surface area contributed by atoms with Crippen LogP contribution in [0.25, 0.3) is 0 Å². The van der Waals surface area contributed by atoms with Crippen molar-refractivity contribution in [2.75, 3.05) is 6.61 Å². The summed E-state index contributed by atoms with van der Waals surface area (Å²) in [5, 5.41) is 0. The SMILES string of the molecule is CC(C)C1(F)OP(=O)([O-])OCCCCC(F)C(F)(F)C1(F)F. The fraction of sp³-hybridized carbons (Fsp3) is 1.00. The lowest BCUT2D eigenvalue weighted by molar-refractivity contribution is -0.365.